The molecule has 0 fully saturated rings. The third-order valence-electron chi connectivity index (χ3n) is 5.05. The maximum atomic E-state index is 13.1. The molecule has 4 atom stereocenters. The number of carbonyl (C=O) groups is 5. The zero-order valence-electron chi connectivity index (χ0n) is 22.9. The normalized spacial score (nSPS) is 13.8. The van der Waals surface area contributed by atoms with Crippen molar-refractivity contribution in [3.05, 3.63) is 21.4 Å². The Balaban J connectivity index is 2.95. The minimum Gasteiger partial charge on any atom is -0.464 e. The molecule has 0 aromatic carbocycles. The number of aliphatic hydroxyl groups is 1. The predicted molar refractivity (Wildman–Crippen MR) is 180 cm³/mol. The SMILES string of the molecule is CCOC(=O)C(CSN[C@@H](CS)C(=O)S)NC(=O)c1csc(C(=O)NC(CSSN[C@@H](C=S)CO)C(=O)OCC)c1C. The van der Waals surface area contributed by atoms with Crippen LogP contribution in [0, 0.1) is 6.92 Å². The molecule has 12 nitrogen and oxygen atoms in total. The molecule has 2 unspecified atom stereocenters. The van der Waals surface area contributed by atoms with Gasteiger partial charge in [-0.15, -0.1) is 24.0 Å². The van der Waals surface area contributed by atoms with Gasteiger partial charge in [0.15, 0.2) is 0 Å². The maximum Gasteiger partial charge on any atom is 0.329 e. The van der Waals surface area contributed by atoms with Crippen molar-refractivity contribution in [1.82, 2.24) is 20.1 Å². The zero-order valence-corrected chi connectivity index (χ0v) is 28.8. The van der Waals surface area contributed by atoms with Crippen molar-refractivity contribution in [3.8, 4) is 0 Å². The van der Waals surface area contributed by atoms with E-state index in [0.29, 0.717) is 5.56 Å². The van der Waals surface area contributed by atoms with Crippen molar-refractivity contribution >= 4 is 117 Å². The lowest BCUT2D eigenvalue weighted by Gasteiger charge is -2.19. The maximum absolute atomic E-state index is 13.1. The predicted octanol–water partition coefficient (Wildman–Crippen LogP) is 1.62. The summed E-state index contributed by atoms with van der Waals surface area (Å²) in [6.07, 6.45) is 0. The van der Waals surface area contributed by atoms with E-state index in [2.05, 4.69) is 45.3 Å². The van der Waals surface area contributed by atoms with Crippen LogP contribution in [0.2, 0.25) is 0 Å². The molecule has 0 aliphatic carbocycles. The van der Waals surface area contributed by atoms with Crippen LogP contribution in [0.1, 0.15) is 39.4 Å². The van der Waals surface area contributed by atoms with Crippen molar-refractivity contribution < 1.29 is 38.6 Å². The molecular formula is C23H34N4O8S7. The molecule has 0 bridgehead atoms. The van der Waals surface area contributed by atoms with Crippen LogP contribution in [0.4, 0.5) is 0 Å². The van der Waals surface area contributed by atoms with E-state index < -0.39 is 53.0 Å². The second-order valence-electron chi connectivity index (χ2n) is 8.07. The summed E-state index contributed by atoms with van der Waals surface area (Å²) >= 11 is 14.7. The molecular weight excluding hydrogens is 685 g/mol. The molecule has 0 radical (unpaired) electrons. The number of rotatable bonds is 21. The molecule has 0 aliphatic heterocycles. The van der Waals surface area contributed by atoms with Gasteiger partial charge in [0.1, 0.15) is 12.1 Å². The summed E-state index contributed by atoms with van der Waals surface area (Å²) in [6.45, 7) is 4.90. The van der Waals surface area contributed by atoms with Gasteiger partial charge in [0.05, 0.1) is 42.3 Å². The first-order chi connectivity index (χ1) is 20.0. The third kappa shape index (κ3) is 13.3. The highest BCUT2D eigenvalue weighted by atomic mass is 33.1. The Morgan fingerprint density at radius 2 is 1.62 bits per heavy atom. The summed E-state index contributed by atoms with van der Waals surface area (Å²) in [6, 6.07) is -3.11. The van der Waals surface area contributed by atoms with Gasteiger partial charge in [-0.2, -0.15) is 12.6 Å². The van der Waals surface area contributed by atoms with E-state index in [1.54, 1.807) is 20.8 Å². The lowest BCUT2D eigenvalue weighted by Crippen LogP contribution is -2.45. The number of amides is 2. The second kappa shape index (κ2) is 21.6. The van der Waals surface area contributed by atoms with Gasteiger partial charge in [-0.3, -0.25) is 19.1 Å². The molecule has 1 heterocycles. The van der Waals surface area contributed by atoms with Crippen LogP contribution in [-0.4, -0.2) is 101 Å². The first-order valence-corrected chi connectivity index (χ1v) is 18.1. The number of thiophene rings is 1. The number of hydrogen-bond donors (Lipinski definition) is 7. The van der Waals surface area contributed by atoms with Gasteiger partial charge in [-0.05, 0) is 42.7 Å². The molecule has 1 aromatic heterocycles. The zero-order chi connectivity index (χ0) is 31.7. The Morgan fingerprint density at radius 3 is 2.14 bits per heavy atom. The van der Waals surface area contributed by atoms with E-state index in [9.17, 15) is 29.1 Å². The van der Waals surface area contributed by atoms with E-state index in [0.717, 1.165) is 34.3 Å². The molecule has 19 heteroatoms. The first kappa shape index (κ1) is 39.0. The molecule has 236 valence electrons. The number of thiol groups is 2. The van der Waals surface area contributed by atoms with Crippen LogP contribution in [0.5, 0.6) is 0 Å². The van der Waals surface area contributed by atoms with E-state index in [1.165, 1.54) is 21.5 Å². The topological polar surface area (TPSA) is 172 Å². The summed E-state index contributed by atoms with van der Waals surface area (Å²) in [4.78, 5) is 62.9. The largest absolute Gasteiger partial charge is 0.464 e. The van der Waals surface area contributed by atoms with Crippen LogP contribution in [0.15, 0.2) is 5.38 Å². The van der Waals surface area contributed by atoms with Crippen LogP contribution >= 0.6 is 82.5 Å². The minimum atomic E-state index is -1.05. The van der Waals surface area contributed by atoms with Gasteiger partial charge >= 0.3 is 11.9 Å². The Labute approximate surface area is 277 Å². The third-order valence-corrected chi connectivity index (χ3v) is 10.1. The number of ether oxygens (including phenoxy) is 2. The summed E-state index contributed by atoms with van der Waals surface area (Å²) in [5.41, 5.74) is 0.533. The molecule has 1 rings (SSSR count). The molecule has 2 amide bonds. The second-order valence-corrected chi connectivity index (χ2v) is 13.1. The number of aliphatic hydroxyl groups excluding tert-OH is 1. The van der Waals surface area contributed by atoms with Gasteiger partial charge in [0.25, 0.3) is 11.8 Å². The van der Waals surface area contributed by atoms with E-state index in [-0.39, 0.29) is 47.5 Å². The number of nitrogens with one attached hydrogen (secondary N) is 4. The van der Waals surface area contributed by atoms with Crippen LogP contribution < -0.4 is 20.1 Å². The summed E-state index contributed by atoms with van der Waals surface area (Å²) in [7, 11) is 2.38. The van der Waals surface area contributed by atoms with Gasteiger partial charge in [0, 0.05) is 22.6 Å². The van der Waals surface area contributed by atoms with Crippen LogP contribution in [0.3, 0.4) is 0 Å². The number of carbonyl (C=O) groups excluding carboxylic acids is 5. The van der Waals surface area contributed by atoms with Gasteiger partial charge in [-0.1, -0.05) is 35.0 Å². The number of hydrogen-bond acceptors (Lipinski definition) is 16. The summed E-state index contributed by atoms with van der Waals surface area (Å²) in [5, 5.41) is 16.9. The van der Waals surface area contributed by atoms with Crippen LogP contribution in [-0.2, 0) is 23.9 Å². The first-order valence-electron chi connectivity index (χ1n) is 12.4. The Hall–Kier alpha value is -1.03. The Morgan fingerprint density at radius 1 is 1.02 bits per heavy atom. The van der Waals surface area contributed by atoms with Gasteiger partial charge in [0.2, 0.25) is 5.12 Å². The van der Waals surface area contributed by atoms with Crippen molar-refractivity contribution in [1.29, 1.82) is 0 Å². The number of esters is 2. The fraction of sp³-hybridized carbons (Fsp3) is 0.565. The van der Waals surface area contributed by atoms with Crippen LogP contribution in [0.25, 0.3) is 0 Å². The Bertz CT molecular complexity index is 1080. The van der Waals surface area contributed by atoms with Crippen molar-refractivity contribution in [3.63, 3.8) is 0 Å². The minimum absolute atomic E-state index is 0.0434. The smallest absolute Gasteiger partial charge is 0.329 e. The highest BCUT2D eigenvalue weighted by Gasteiger charge is 2.28. The molecule has 0 spiro atoms. The lowest BCUT2D eigenvalue weighted by atomic mass is 10.1. The monoisotopic (exact) mass is 718 g/mol. The van der Waals surface area contributed by atoms with Crippen molar-refractivity contribution in [2.45, 2.75) is 44.9 Å². The molecule has 0 saturated carbocycles. The van der Waals surface area contributed by atoms with E-state index in [4.69, 9.17) is 21.7 Å². The molecule has 42 heavy (non-hydrogen) atoms. The molecule has 5 N–H and O–H groups in total. The average Bonchev–Trinajstić information content (AvgIpc) is 3.35. The fourth-order valence-corrected chi connectivity index (χ4v) is 7.65. The fourth-order valence-electron chi connectivity index (χ4n) is 2.85. The highest BCUT2D eigenvalue weighted by Crippen LogP contribution is 2.24. The van der Waals surface area contributed by atoms with Gasteiger partial charge in [-0.25, -0.2) is 14.3 Å². The highest BCUT2D eigenvalue weighted by molar-refractivity contribution is 8.76. The lowest BCUT2D eigenvalue weighted by molar-refractivity contribution is -0.145. The van der Waals surface area contributed by atoms with E-state index in [1.807, 2.05) is 0 Å². The summed E-state index contributed by atoms with van der Waals surface area (Å²) < 4.78 is 15.9. The number of thiocarbonyl (C=S) groups is 1. The van der Waals surface area contributed by atoms with Crippen molar-refractivity contribution in [2.24, 2.45) is 0 Å². The molecule has 1 aromatic rings. The van der Waals surface area contributed by atoms with Gasteiger partial charge < -0.3 is 25.2 Å². The standard InChI is InChI=1S/C23H34N4O8S7/c1-4-34-21(31)16(10-40-27-15(8-37)23(33)38)24-19(29)14-9-39-18(12(14)3)20(30)25-17(22(32)35-5-2)11-41-42-26-13(6-28)7-36/h7,9,13,15-17,26-28,37H,4-6,8,10-11H2,1-3H3,(H,24,29)(H,25,30)(H,33,38)/t13-,15+,16?,17?/m1/s1. The van der Waals surface area contributed by atoms with Crippen molar-refractivity contribution in [2.75, 3.05) is 37.1 Å². The Kier molecular flexibility index (Phi) is 20.1. The quantitative estimate of drug-likeness (QED) is 0.0244. The average molecular weight is 719 g/mol. The summed E-state index contributed by atoms with van der Waals surface area (Å²) in [5.74, 6) is -2.08. The molecule has 0 aliphatic rings. The van der Waals surface area contributed by atoms with E-state index >= 15 is 0 Å². The molecule has 0 saturated heterocycles.